The predicted octanol–water partition coefficient (Wildman–Crippen LogP) is 3.59. The maximum atomic E-state index is 13.2. The van der Waals surface area contributed by atoms with E-state index in [9.17, 15) is 4.39 Å². The minimum absolute atomic E-state index is 0.272. The quantitative estimate of drug-likeness (QED) is 0.716. The van der Waals surface area contributed by atoms with E-state index < -0.39 is 0 Å². The first-order chi connectivity index (χ1) is 8.15. The van der Waals surface area contributed by atoms with Crippen molar-refractivity contribution in [3.8, 4) is 11.5 Å². The van der Waals surface area contributed by atoms with E-state index in [0.29, 0.717) is 22.2 Å². The number of aromatic nitrogens is 1. The molecule has 5 heteroatoms. The molecule has 2 heterocycles. The molecule has 0 unspecified atom stereocenters. The van der Waals surface area contributed by atoms with Crippen LogP contribution in [0.1, 0.15) is 5.56 Å². The van der Waals surface area contributed by atoms with E-state index in [1.54, 1.807) is 6.07 Å². The molecule has 0 aliphatic rings. The summed E-state index contributed by atoms with van der Waals surface area (Å²) in [6.45, 7) is 1.89. The maximum Gasteiger partial charge on any atom is 0.180 e. The molecule has 0 saturated carbocycles. The molecular weight excluding hydrogens is 239 g/mol. The highest BCUT2D eigenvalue weighted by atomic mass is 32.1. The Labute approximate surface area is 101 Å². The van der Waals surface area contributed by atoms with Crippen LogP contribution in [-0.4, -0.2) is 4.98 Å². The Balaban J connectivity index is 2.27. The number of rotatable bonds is 1. The van der Waals surface area contributed by atoms with Crippen LogP contribution in [0.15, 0.2) is 28.0 Å². The first-order valence-electron chi connectivity index (χ1n) is 5.05. The van der Waals surface area contributed by atoms with Crippen molar-refractivity contribution in [2.45, 2.75) is 6.92 Å². The molecule has 17 heavy (non-hydrogen) atoms. The lowest BCUT2D eigenvalue weighted by atomic mass is 10.1. The molecular formula is C12H9FN2OS. The zero-order chi connectivity index (χ0) is 12.0. The summed E-state index contributed by atoms with van der Waals surface area (Å²) < 4.78 is 18.8. The number of anilines is 1. The summed E-state index contributed by atoms with van der Waals surface area (Å²) in [7, 11) is 0. The summed E-state index contributed by atoms with van der Waals surface area (Å²) in [5.41, 5.74) is 7.82. The summed E-state index contributed by atoms with van der Waals surface area (Å²) in [6, 6.07) is 4.47. The highest BCUT2D eigenvalue weighted by molar-refractivity contribution is 7.13. The molecule has 0 fully saturated rings. The Hall–Kier alpha value is -1.88. The van der Waals surface area contributed by atoms with Crippen molar-refractivity contribution in [3.05, 3.63) is 35.0 Å². The first-order valence-corrected chi connectivity index (χ1v) is 5.93. The molecule has 0 spiro atoms. The Morgan fingerprint density at radius 1 is 1.41 bits per heavy atom. The van der Waals surface area contributed by atoms with E-state index in [1.807, 2.05) is 12.3 Å². The minimum Gasteiger partial charge on any atom is -0.454 e. The van der Waals surface area contributed by atoms with Gasteiger partial charge in [-0.2, -0.15) is 0 Å². The number of nitrogens with zero attached hydrogens (tertiary/aromatic N) is 1. The van der Waals surface area contributed by atoms with E-state index in [2.05, 4.69) is 4.98 Å². The number of furan rings is 1. The van der Waals surface area contributed by atoms with E-state index in [4.69, 9.17) is 10.2 Å². The van der Waals surface area contributed by atoms with Crippen LogP contribution in [-0.2, 0) is 0 Å². The molecule has 2 aromatic heterocycles. The number of halogens is 1. The number of nitrogen functional groups attached to an aromatic ring is 1. The van der Waals surface area contributed by atoms with Gasteiger partial charge < -0.3 is 10.2 Å². The molecule has 0 radical (unpaired) electrons. The van der Waals surface area contributed by atoms with Crippen LogP contribution in [0.2, 0.25) is 0 Å². The van der Waals surface area contributed by atoms with Crippen LogP contribution in [0, 0.1) is 12.7 Å². The lowest BCUT2D eigenvalue weighted by molar-refractivity contribution is 0.617. The molecule has 0 aliphatic carbocycles. The summed E-state index contributed by atoms with van der Waals surface area (Å²) >= 11 is 1.35. The van der Waals surface area contributed by atoms with Crippen LogP contribution in [0.5, 0.6) is 0 Å². The number of fused-ring (bicyclic) bond motifs is 1. The van der Waals surface area contributed by atoms with E-state index in [0.717, 1.165) is 10.9 Å². The van der Waals surface area contributed by atoms with E-state index in [-0.39, 0.29) is 5.82 Å². The number of aryl methyl sites for hydroxylation is 1. The summed E-state index contributed by atoms with van der Waals surface area (Å²) in [6.07, 6.45) is 0. The fraction of sp³-hybridized carbons (Fsp3) is 0.0833. The predicted molar refractivity (Wildman–Crippen MR) is 66.4 cm³/mol. The molecule has 0 saturated heterocycles. The zero-order valence-corrected chi connectivity index (χ0v) is 9.84. The van der Waals surface area contributed by atoms with Gasteiger partial charge in [-0.25, -0.2) is 9.37 Å². The number of nitrogens with two attached hydrogens (primary N) is 1. The Morgan fingerprint density at radius 3 is 2.94 bits per heavy atom. The van der Waals surface area contributed by atoms with Crippen molar-refractivity contribution in [2.24, 2.45) is 0 Å². The Bertz CT molecular complexity index is 702. The largest absolute Gasteiger partial charge is 0.454 e. The number of hydrogen-bond donors (Lipinski definition) is 1. The normalized spacial score (nSPS) is 11.2. The SMILES string of the molecule is Cc1c(-c2csc(N)n2)oc2ccc(F)cc12. The zero-order valence-electron chi connectivity index (χ0n) is 9.03. The van der Waals surface area contributed by atoms with E-state index in [1.165, 1.54) is 23.5 Å². The van der Waals surface area contributed by atoms with Gasteiger partial charge in [0.2, 0.25) is 0 Å². The van der Waals surface area contributed by atoms with Gasteiger partial charge in [-0.3, -0.25) is 0 Å². The standard InChI is InChI=1S/C12H9FN2OS/c1-6-8-4-7(13)2-3-10(8)16-11(6)9-5-17-12(14)15-9/h2-5H,1H3,(H2,14,15). The molecule has 3 aromatic rings. The monoisotopic (exact) mass is 248 g/mol. The molecule has 3 rings (SSSR count). The number of hydrogen-bond acceptors (Lipinski definition) is 4. The fourth-order valence-electron chi connectivity index (χ4n) is 1.83. The third-order valence-corrected chi connectivity index (χ3v) is 3.33. The van der Waals surface area contributed by atoms with Crippen LogP contribution < -0.4 is 5.73 Å². The van der Waals surface area contributed by atoms with Crippen molar-refractivity contribution in [2.75, 3.05) is 5.73 Å². The Morgan fingerprint density at radius 2 is 2.24 bits per heavy atom. The molecule has 3 nitrogen and oxygen atoms in total. The molecule has 0 aliphatic heterocycles. The van der Waals surface area contributed by atoms with Crippen molar-refractivity contribution in [1.82, 2.24) is 4.98 Å². The van der Waals surface area contributed by atoms with Crippen LogP contribution in [0.4, 0.5) is 9.52 Å². The highest BCUT2D eigenvalue weighted by Gasteiger charge is 2.15. The number of thiazole rings is 1. The van der Waals surface area contributed by atoms with Crippen LogP contribution in [0.3, 0.4) is 0 Å². The highest BCUT2D eigenvalue weighted by Crippen LogP contribution is 2.34. The lowest BCUT2D eigenvalue weighted by Gasteiger charge is -1.91. The van der Waals surface area contributed by atoms with Gasteiger partial charge in [0.25, 0.3) is 0 Å². The second kappa shape index (κ2) is 3.56. The Kier molecular flexibility index (Phi) is 2.16. The van der Waals surface area contributed by atoms with Gasteiger partial charge in [0.15, 0.2) is 10.9 Å². The minimum atomic E-state index is -0.272. The second-order valence-corrected chi connectivity index (χ2v) is 4.66. The molecule has 1 aromatic carbocycles. The van der Waals surface area contributed by atoms with Crippen LogP contribution in [0.25, 0.3) is 22.4 Å². The van der Waals surface area contributed by atoms with Crippen molar-refractivity contribution in [3.63, 3.8) is 0 Å². The van der Waals surface area contributed by atoms with Gasteiger partial charge in [0.05, 0.1) is 0 Å². The second-order valence-electron chi connectivity index (χ2n) is 3.77. The summed E-state index contributed by atoms with van der Waals surface area (Å²) in [4.78, 5) is 4.17. The third kappa shape index (κ3) is 1.59. The average molecular weight is 248 g/mol. The smallest absolute Gasteiger partial charge is 0.180 e. The van der Waals surface area contributed by atoms with Crippen molar-refractivity contribution < 1.29 is 8.81 Å². The topological polar surface area (TPSA) is 52.0 Å². The summed E-state index contributed by atoms with van der Waals surface area (Å²) in [5, 5.41) is 3.09. The fourth-order valence-corrected chi connectivity index (χ4v) is 2.37. The molecule has 0 amide bonds. The van der Waals surface area contributed by atoms with Gasteiger partial charge >= 0.3 is 0 Å². The first kappa shape index (κ1) is 10.3. The molecule has 0 bridgehead atoms. The average Bonchev–Trinajstić information content (AvgIpc) is 2.84. The summed E-state index contributed by atoms with van der Waals surface area (Å²) in [5.74, 6) is 0.379. The lowest BCUT2D eigenvalue weighted by Crippen LogP contribution is -1.82. The van der Waals surface area contributed by atoms with Crippen molar-refractivity contribution >= 4 is 27.4 Å². The molecule has 0 atom stereocenters. The van der Waals surface area contributed by atoms with Gasteiger partial charge in [0.1, 0.15) is 17.1 Å². The van der Waals surface area contributed by atoms with Gasteiger partial charge in [-0.1, -0.05) is 0 Å². The van der Waals surface area contributed by atoms with Gasteiger partial charge in [-0.05, 0) is 25.1 Å². The van der Waals surface area contributed by atoms with Gasteiger partial charge in [-0.15, -0.1) is 11.3 Å². The van der Waals surface area contributed by atoms with E-state index >= 15 is 0 Å². The molecule has 86 valence electrons. The number of benzene rings is 1. The molecule has 2 N–H and O–H groups in total. The third-order valence-electron chi connectivity index (χ3n) is 2.65. The van der Waals surface area contributed by atoms with Gasteiger partial charge in [0, 0.05) is 16.3 Å². The maximum absolute atomic E-state index is 13.2. The van der Waals surface area contributed by atoms with Crippen molar-refractivity contribution in [1.29, 1.82) is 0 Å². The van der Waals surface area contributed by atoms with Crippen LogP contribution >= 0.6 is 11.3 Å².